The molecule has 0 aliphatic heterocycles. The lowest BCUT2D eigenvalue weighted by Gasteiger charge is -2.14. The zero-order chi connectivity index (χ0) is 13.8. The average Bonchev–Trinajstić information content (AvgIpc) is 2.39. The number of alkyl halides is 1. The molecule has 2 rings (SSSR count). The van der Waals surface area contributed by atoms with Gasteiger partial charge in [-0.1, -0.05) is 52.3 Å². The monoisotopic (exact) mass is 318 g/mol. The van der Waals surface area contributed by atoms with E-state index < -0.39 is 0 Å². The van der Waals surface area contributed by atoms with Crippen LogP contribution in [0.3, 0.4) is 0 Å². The molecule has 0 aliphatic rings. The third kappa shape index (κ3) is 3.38. The highest BCUT2D eigenvalue weighted by Crippen LogP contribution is 2.27. The van der Waals surface area contributed by atoms with E-state index >= 15 is 0 Å². The number of benzene rings is 2. The third-order valence-electron chi connectivity index (χ3n) is 3.31. The van der Waals surface area contributed by atoms with E-state index in [-0.39, 0.29) is 0 Å². The lowest BCUT2D eigenvalue weighted by atomic mass is 10.1. The largest absolute Gasteiger partial charge is 0.488 e. The zero-order valence-corrected chi connectivity index (χ0v) is 13.3. The van der Waals surface area contributed by atoms with Gasteiger partial charge in [0, 0.05) is 5.33 Å². The maximum Gasteiger partial charge on any atom is 0.125 e. The molecule has 0 heterocycles. The van der Waals surface area contributed by atoms with Crippen LogP contribution in [0.1, 0.15) is 27.8 Å². The van der Waals surface area contributed by atoms with Crippen molar-refractivity contribution in [3.63, 3.8) is 0 Å². The molecule has 100 valence electrons. The van der Waals surface area contributed by atoms with Crippen molar-refractivity contribution in [3.05, 3.63) is 64.2 Å². The molecule has 0 spiro atoms. The van der Waals surface area contributed by atoms with Gasteiger partial charge in [-0.2, -0.15) is 0 Å². The quantitative estimate of drug-likeness (QED) is 0.714. The van der Waals surface area contributed by atoms with E-state index in [4.69, 9.17) is 4.74 Å². The molecule has 0 amide bonds. The van der Waals surface area contributed by atoms with E-state index in [1.165, 1.54) is 27.8 Å². The van der Waals surface area contributed by atoms with Crippen molar-refractivity contribution in [1.82, 2.24) is 0 Å². The smallest absolute Gasteiger partial charge is 0.125 e. The second kappa shape index (κ2) is 6.25. The molecule has 2 aromatic rings. The number of rotatable bonds is 4. The topological polar surface area (TPSA) is 9.23 Å². The highest BCUT2D eigenvalue weighted by atomic mass is 79.9. The average molecular weight is 319 g/mol. The Bertz CT molecular complexity index is 552. The van der Waals surface area contributed by atoms with Crippen LogP contribution in [0.2, 0.25) is 0 Å². The van der Waals surface area contributed by atoms with Gasteiger partial charge in [-0.05, 0) is 48.6 Å². The minimum absolute atomic E-state index is 0.627. The summed E-state index contributed by atoms with van der Waals surface area (Å²) in [7, 11) is 0. The first-order valence-corrected chi connectivity index (χ1v) is 7.57. The van der Waals surface area contributed by atoms with Crippen LogP contribution < -0.4 is 4.74 Å². The molecule has 19 heavy (non-hydrogen) atoms. The Morgan fingerprint density at radius 2 is 1.58 bits per heavy atom. The van der Waals surface area contributed by atoms with Crippen molar-refractivity contribution in [2.24, 2.45) is 0 Å². The summed E-state index contributed by atoms with van der Waals surface area (Å²) in [6, 6.07) is 12.7. The molecule has 0 N–H and O–H groups in total. The van der Waals surface area contributed by atoms with E-state index in [1.54, 1.807) is 0 Å². The molecule has 0 aromatic heterocycles. The van der Waals surface area contributed by atoms with Crippen LogP contribution in [-0.4, -0.2) is 0 Å². The normalized spacial score (nSPS) is 10.5. The fourth-order valence-electron chi connectivity index (χ4n) is 2.27. The Morgan fingerprint density at radius 3 is 2.16 bits per heavy atom. The maximum atomic E-state index is 6.02. The fraction of sp³-hybridized carbons (Fsp3) is 0.294. The number of ether oxygens (including phenoxy) is 1. The Labute approximate surface area is 123 Å². The summed E-state index contributed by atoms with van der Waals surface area (Å²) < 4.78 is 6.02. The van der Waals surface area contributed by atoms with Gasteiger partial charge in [0.05, 0.1) is 0 Å². The second-order valence-corrected chi connectivity index (χ2v) is 5.47. The maximum absolute atomic E-state index is 6.02. The minimum atomic E-state index is 0.627. The number of halogens is 1. The molecule has 2 heteroatoms. The molecule has 0 unspecified atom stereocenters. The van der Waals surface area contributed by atoms with Gasteiger partial charge in [-0.3, -0.25) is 0 Å². The van der Waals surface area contributed by atoms with Gasteiger partial charge < -0.3 is 4.74 Å². The predicted octanol–water partition coefficient (Wildman–Crippen LogP) is 5.09. The first kappa shape index (κ1) is 14.1. The van der Waals surface area contributed by atoms with Crippen molar-refractivity contribution in [1.29, 1.82) is 0 Å². The number of hydrogen-bond donors (Lipinski definition) is 0. The number of aryl methyl sites for hydroxylation is 3. The highest BCUT2D eigenvalue weighted by Gasteiger charge is 2.07. The van der Waals surface area contributed by atoms with Crippen molar-refractivity contribution >= 4 is 15.9 Å². The predicted molar refractivity (Wildman–Crippen MR) is 84.1 cm³/mol. The van der Waals surface area contributed by atoms with Gasteiger partial charge in [0.1, 0.15) is 12.4 Å². The molecule has 0 fully saturated rings. The summed E-state index contributed by atoms with van der Waals surface area (Å²) in [5, 5.41) is 0.882. The summed E-state index contributed by atoms with van der Waals surface area (Å²) in [5.41, 5.74) is 6.20. The summed E-state index contributed by atoms with van der Waals surface area (Å²) in [4.78, 5) is 0. The molecule has 1 nitrogen and oxygen atoms in total. The summed E-state index contributed by atoms with van der Waals surface area (Å²) in [6.45, 7) is 6.95. The summed E-state index contributed by atoms with van der Waals surface area (Å²) in [5.74, 6) is 1.01. The Morgan fingerprint density at radius 1 is 0.947 bits per heavy atom. The van der Waals surface area contributed by atoms with Crippen molar-refractivity contribution in [2.45, 2.75) is 32.7 Å². The van der Waals surface area contributed by atoms with Crippen LogP contribution in [0.5, 0.6) is 5.75 Å². The molecule has 0 aliphatic carbocycles. The minimum Gasteiger partial charge on any atom is -0.488 e. The van der Waals surface area contributed by atoms with Gasteiger partial charge in [-0.25, -0.2) is 0 Å². The molecule has 0 saturated carbocycles. The molecule has 0 radical (unpaired) electrons. The Hall–Kier alpha value is -1.28. The Kier molecular flexibility index (Phi) is 4.65. The van der Waals surface area contributed by atoms with E-state index in [2.05, 4.69) is 73.1 Å². The van der Waals surface area contributed by atoms with Crippen LogP contribution in [0.15, 0.2) is 36.4 Å². The summed E-state index contributed by atoms with van der Waals surface area (Å²) in [6.07, 6.45) is 0. The fourth-order valence-corrected chi connectivity index (χ4v) is 2.59. The molecular weight excluding hydrogens is 300 g/mol. The van der Waals surface area contributed by atoms with Crippen LogP contribution >= 0.6 is 15.9 Å². The second-order valence-electron chi connectivity index (χ2n) is 4.91. The van der Waals surface area contributed by atoms with Gasteiger partial charge in [0.2, 0.25) is 0 Å². The Balaban J connectivity index is 2.18. The molecule has 0 atom stereocenters. The van der Waals surface area contributed by atoms with Gasteiger partial charge in [-0.15, -0.1) is 0 Å². The molecular formula is C17H19BrO. The zero-order valence-electron chi connectivity index (χ0n) is 11.7. The van der Waals surface area contributed by atoms with Crippen molar-refractivity contribution in [2.75, 3.05) is 0 Å². The van der Waals surface area contributed by atoms with Crippen LogP contribution in [0, 0.1) is 20.8 Å². The van der Waals surface area contributed by atoms with Crippen molar-refractivity contribution < 1.29 is 4.74 Å². The van der Waals surface area contributed by atoms with E-state index in [0.29, 0.717) is 6.61 Å². The van der Waals surface area contributed by atoms with Crippen LogP contribution in [0.4, 0.5) is 0 Å². The van der Waals surface area contributed by atoms with Gasteiger partial charge in [0.25, 0.3) is 0 Å². The van der Waals surface area contributed by atoms with E-state index in [9.17, 15) is 0 Å². The lowest BCUT2D eigenvalue weighted by Crippen LogP contribution is -2.01. The SMILES string of the molecule is Cc1ccccc1COc1c(C)cc(CBr)cc1C. The van der Waals surface area contributed by atoms with Gasteiger partial charge in [0.15, 0.2) is 0 Å². The number of hydrogen-bond acceptors (Lipinski definition) is 1. The third-order valence-corrected chi connectivity index (χ3v) is 3.96. The lowest BCUT2D eigenvalue weighted by molar-refractivity contribution is 0.301. The van der Waals surface area contributed by atoms with E-state index in [0.717, 1.165) is 11.1 Å². The molecule has 0 bridgehead atoms. The van der Waals surface area contributed by atoms with Crippen LogP contribution in [0.25, 0.3) is 0 Å². The first-order chi connectivity index (χ1) is 9.11. The van der Waals surface area contributed by atoms with E-state index in [1.807, 2.05) is 0 Å². The van der Waals surface area contributed by atoms with Crippen molar-refractivity contribution in [3.8, 4) is 5.75 Å². The van der Waals surface area contributed by atoms with Gasteiger partial charge >= 0.3 is 0 Å². The molecule has 2 aromatic carbocycles. The first-order valence-electron chi connectivity index (χ1n) is 6.45. The standard InChI is InChI=1S/C17H19BrO/c1-12-6-4-5-7-16(12)11-19-17-13(2)8-15(10-18)9-14(17)3/h4-9H,10-11H2,1-3H3. The highest BCUT2D eigenvalue weighted by molar-refractivity contribution is 9.08. The van der Waals surface area contributed by atoms with Crippen LogP contribution in [-0.2, 0) is 11.9 Å². The molecule has 0 saturated heterocycles. The summed E-state index contributed by atoms with van der Waals surface area (Å²) >= 11 is 3.49.